The van der Waals surface area contributed by atoms with E-state index in [0.29, 0.717) is 55.3 Å². The van der Waals surface area contributed by atoms with Gasteiger partial charge in [0.25, 0.3) is 0 Å². The molecule has 3 heterocycles. The van der Waals surface area contributed by atoms with Gasteiger partial charge in [-0.05, 0) is 87.5 Å². The molecular weight excluding hydrogens is 658 g/mol. The molecule has 3 atom stereocenters. The Bertz CT molecular complexity index is 1970. The fraction of sp³-hybridized carbons (Fsp3) is 0.364. The Labute approximate surface area is 284 Å². The first kappa shape index (κ1) is 36.0. The molecule has 0 aliphatic carbocycles. The molecule has 9 N–H and O–H groups in total. The summed E-state index contributed by atoms with van der Waals surface area (Å²) in [5, 5.41) is 14.3. The van der Waals surface area contributed by atoms with Gasteiger partial charge in [-0.2, -0.15) is 20.4 Å². The largest absolute Gasteiger partial charge is 0.573 e. The lowest BCUT2D eigenvalue weighted by molar-refractivity contribution is -0.275. The van der Waals surface area contributed by atoms with E-state index in [1.807, 2.05) is 26.0 Å². The highest BCUT2D eigenvalue weighted by Crippen LogP contribution is 2.35. The first-order valence-electron chi connectivity index (χ1n) is 16.0. The van der Waals surface area contributed by atoms with Crippen LogP contribution in [0, 0.1) is 5.82 Å². The standard InChI is InChI=1S/C33H39F4N11O2/c1-18(38)4-3-5-20-12-26(29(34)28(13-20)50-33(35,36)37)27-14-22-17-48(32(49)45-30(22)44-27)25-8-6-21(7-9-25)19(2)41-11-10-23(43-31(39)40)15-24-16-42-47-46-24/h6-9,12-14,16-19,23,41H,3-5,10-11,15,38H2,1-2H3,(H4,39,40,43)(H,42,46,47)(H,44,45,49)/t18-,19-,23+/m0/s1. The van der Waals surface area contributed by atoms with Gasteiger partial charge in [-0.1, -0.05) is 12.1 Å². The zero-order valence-corrected chi connectivity index (χ0v) is 27.5. The molecule has 0 aliphatic rings. The van der Waals surface area contributed by atoms with Crippen LogP contribution in [-0.4, -0.2) is 60.9 Å². The van der Waals surface area contributed by atoms with Crippen molar-refractivity contribution >= 4 is 17.0 Å². The van der Waals surface area contributed by atoms with Gasteiger partial charge in [-0.3, -0.25) is 4.57 Å². The molecule has 0 bridgehead atoms. The van der Waals surface area contributed by atoms with Crippen molar-refractivity contribution in [2.75, 3.05) is 6.54 Å². The summed E-state index contributed by atoms with van der Waals surface area (Å²) in [5.74, 6) is -2.14. The second kappa shape index (κ2) is 15.5. The van der Waals surface area contributed by atoms with E-state index in [9.17, 15) is 18.0 Å². The highest BCUT2D eigenvalue weighted by molar-refractivity contribution is 5.83. The van der Waals surface area contributed by atoms with Gasteiger partial charge in [0, 0.05) is 35.7 Å². The summed E-state index contributed by atoms with van der Waals surface area (Å²) in [4.78, 5) is 24.3. The number of fused-ring (bicyclic) bond motifs is 1. The number of guanidine groups is 1. The Balaban J connectivity index is 1.33. The van der Waals surface area contributed by atoms with Crippen LogP contribution in [0.25, 0.3) is 28.0 Å². The molecular formula is C33H39F4N11O2. The molecule has 13 nitrogen and oxygen atoms in total. The molecule has 0 saturated carbocycles. The lowest BCUT2D eigenvalue weighted by Crippen LogP contribution is -2.29. The number of benzene rings is 2. The zero-order valence-electron chi connectivity index (χ0n) is 27.5. The van der Waals surface area contributed by atoms with Crippen LogP contribution in [0.2, 0.25) is 0 Å². The van der Waals surface area contributed by atoms with Gasteiger partial charge < -0.3 is 32.2 Å². The second-order valence-electron chi connectivity index (χ2n) is 12.2. The maximum absolute atomic E-state index is 15.4. The monoisotopic (exact) mass is 697 g/mol. The molecule has 50 heavy (non-hydrogen) atoms. The van der Waals surface area contributed by atoms with Crippen LogP contribution < -0.4 is 32.9 Å². The van der Waals surface area contributed by atoms with Crippen LogP contribution in [0.15, 0.2) is 64.6 Å². The number of aromatic amines is 2. The number of aliphatic imine (C=N–C) groups is 1. The third-order valence-electron chi connectivity index (χ3n) is 8.09. The number of ether oxygens (including phenoxy) is 1. The number of nitrogens with two attached hydrogens (primary N) is 3. The van der Waals surface area contributed by atoms with Gasteiger partial charge in [0.2, 0.25) is 0 Å². The molecule has 5 aromatic rings. The summed E-state index contributed by atoms with van der Waals surface area (Å²) >= 11 is 0. The van der Waals surface area contributed by atoms with Crippen LogP contribution in [0.4, 0.5) is 17.6 Å². The first-order valence-corrected chi connectivity index (χ1v) is 16.0. The Hall–Kier alpha value is -5.29. The van der Waals surface area contributed by atoms with Gasteiger partial charge >= 0.3 is 12.1 Å². The number of nitrogens with one attached hydrogen (secondary N) is 3. The predicted molar refractivity (Wildman–Crippen MR) is 181 cm³/mol. The van der Waals surface area contributed by atoms with E-state index in [1.165, 1.54) is 22.9 Å². The average molecular weight is 698 g/mol. The van der Waals surface area contributed by atoms with E-state index in [-0.39, 0.29) is 41.0 Å². The quantitative estimate of drug-likeness (QED) is 0.0528. The fourth-order valence-electron chi connectivity index (χ4n) is 5.64. The number of nitrogens with zero attached hydrogens (tertiary/aromatic N) is 5. The molecule has 266 valence electrons. The number of hydrogen-bond donors (Lipinski definition) is 6. The highest BCUT2D eigenvalue weighted by Gasteiger charge is 2.33. The average Bonchev–Trinajstić information content (AvgIpc) is 3.70. The van der Waals surface area contributed by atoms with Crippen molar-refractivity contribution in [2.45, 2.75) is 70.4 Å². The second-order valence-corrected chi connectivity index (χ2v) is 12.2. The Morgan fingerprint density at radius 2 is 1.88 bits per heavy atom. The minimum Gasteiger partial charge on any atom is -0.403 e. The molecule has 0 radical (unpaired) electrons. The number of aromatic nitrogens is 6. The van der Waals surface area contributed by atoms with E-state index in [1.54, 1.807) is 18.3 Å². The first-order chi connectivity index (χ1) is 23.8. The summed E-state index contributed by atoms with van der Waals surface area (Å²) < 4.78 is 60.2. The van der Waals surface area contributed by atoms with Gasteiger partial charge in [-0.25, -0.2) is 14.2 Å². The molecule has 0 aliphatic heterocycles. The third kappa shape index (κ3) is 9.44. The van der Waals surface area contributed by atoms with Gasteiger partial charge in [0.1, 0.15) is 5.65 Å². The van der Waals surface area contributed by atoms with Crippen molar-refractivity contribution in [1.82, 2.24) is 35.3 Å². The minimum atomic E-state index is -5.09. The number of hydrogen-bond acceptors (Lipinski definition) is 8. The molecule has 0 amide bonds. The van der Waals surface area contributed by atoms with Crippen LogP contribution >= 0.6 is 0 Å². The van der Waals surface area contributed by atoms with Crippen LogP contribution in [0.3, 0.4) is 0 Å². The number of halogens is 4. The van der Waals surface area contributed by atoms with Crippen molar-refractivity contribution in [2.24, 2.45) is 22.2 Å². The van der Waals surface area contributed by atoms with Gasteiger partial charge in [0.05, 0.1) is 29.3 Å². The van der Waals surface area contributed by atoms with E-state index in [0.717, 1.165) is 17.3 Å². The molecule has 2 aromatic carbocycles. The van der Waals surface area contributed by atoms with Crippen molar-refractivity contribution < 1.29 is 22.3 Å². The Morgan fingerprint density at radius 1 is 1.12 bits per heavy atom. The lowest BCUT2D eigenvalue weighted by atomic mass is 10.0. The molecule has 3 aromatic heterocycles. The Kier molecular flexibility index (Phi) is 11.2. The van der Waals surface area contributed by atoms with E-state index >= 15 is 4.39 Å². The number of rotatable bonds is 15. The smallest absolute Gasteiger partial charge is 0.403 e. The lowest BCUT2D eigenvalue weighted by Gasteiger charge is -2.17. The van der Waals surface area contributed by atoms with Crippen LogP contribution in [0.1, 0.15) is 56.0 Å². The molecule has 17 heteroatoms. The van der Waals surface area contributed by atoms with Crippen LogP contribution in [0.5, 0.6) is 5.75 Å². The predicted octanol–water partition coefficient (Wildman–Crippen LogP) is 4.13. The van der Waals surface area contributed by atoms with Crippen molar-refractivity contribution in [3.63, 3.8) is 0 Å². The van der Waals surface area contributed by atoms with Gasteiger partial charge in [0.15, 0.2) is 17.5 Å². The fourth-order valence-corrected chi connectivity index (χ4v) is 5.64. The SMILES string of the molecule is C[C@H](N)CCCc1cc(OC(F)(F)F)c(F)c(-c2cc3cn(-c4ccc([C@H](C)NCC[C@H](Cc5cn[nH]n5)N=C(N)N)cc4)c(=O)nc3[nH]2)c1. The normalized spacial score (nSPS) is 13.7. The van der Waals surface area contributed by atoms with Crippen molar-refractivity contribution in [1.29, 1.82) is 0 Å². The summed E-state index contributed by atoms with van der Waals surface area (Å²) in [6.45, 7) is 4.44. The maximum atomic E-state index is 15.4. The molecule has 0 saturated heterocycles. The summed E-state index contributed by atoms with van der Waals surface area (Å²) in [6.07, 6.45) is 0.819. The number of H-pyrrole nitrogens is 2. The molecule has 5 rings (SSSR count). The molecule has 0 unspecified atom stereocenters. The summed E-state index contributed by atoms with van der Waals surface area (Å²) in [6, 6.07) is 11.0. The maximum Gasteiger partial charge on any atom is 0.573 e. The van der Waals surface area contributed by atoms with E-state index in [4.69, 9.17) is 17.2 Å². The Morgan fingerprint density at radius 3 is 2.54 bits per heavy atom. The number of alkyl halides is 3. The third-order valence-corrected chi connectivity index (χ3v) is 8.09. The molecule has 0 fully saturated rings. The number of aryl methyl sites for hydroxylation is 1. The van der Waals surface area contributed by atoms with Crippen LogP contribution in [-0.2, 0) is 12.8 Å². The minimum absolute atomic E-state index is 0.00396. The van der Waals surface area contributed by atoms with Crippen molar-refractivity contribution in [3.05, 3.63) is 88.0 Å². The summed E-state index contributed by atoms with van der Waals surface area (Å²) in [5.41, 5.74) is 19.3. The van der Waals surface area contributed by atoms with Gasteiger partial charge in [-0.15, -0.1) is 13.2 Å². The summed E-state index contributed by atoms with van der Waals surface area (Å²) in [7, 11) is 0. The molecule has 0 spiro atoms. The van der Waals surface area contributed by atoms with E-state index < -0.39 is 23.6 Å². The zero-order chi connectivity index (χ0) is 36.0. The topological polar surface area (TPSA) is 204 Å². The van der Waals surface area contributed by atoms with E-state index in [2.05, 4.69) is 40.4 Å². The highest BCUT2D eigenvalue weighted by atomic mass is 19.4. The van der Waals surface area contributed by atoms with Crippen molar-refractivity contribution in [3.8, 4) is 22.7 Å².